The van der Waals surface area contributed by atoms with Gasteiger partial charge in [-0.05, 0) is 24.3 Å². The Bertz CT molecular complexity index is 761. The van der Waals surface area contributed by atoms with E-state index in [1.54, 1.807) is 0 Å². The Labute approximate surface area is 104 Å². The zero-order valence-corrected chi connectivity index (χ0v) is 10.00. The van der Waals surface area contributed by atoms with Gasteiger partial charge in [0, 0.05) is 0 Å². The lowest BCUT2D eigenvalue weighted by Crippen LogP contribution is -2.32. The van der Waals surface area contributed by atoms with E-state index in [4.69, 9.17) is 4.74 Å². The maximum atomic E-state index is 5.79. The van der Waals surface area contributed by atoms with Crippen molar-refractivity contribution >= 4 is 11.2 Å². The average Bonchev–Trinajstić information content (AvgIpc) is 2.73. The summed E-state index contributed by atoms with van der Waals surface area (Å²) in [7, 11) is 2.04. The highest BCUT2D eigenvalue weighted by Crippen LogP contribution is 2.33. The molecule has 0 saturated carbocycles. The SMILES string of the molecule is C[n+]1c2n(c3cccnc31)COc1ccccc1-2. The second-order valence-corrected chi connectivity index (χ2v) is 4.43. The minimum Gasteiger partial charge on any atom is -0.460 e. The van der Waals surface area contributed by atoms with Gasteiger partial charge in [0.2, 0.25) is 12.6 Å². The van der Waals surface area contributed by atoms with Gasteiger partial charge < -0.3 is 4.74 Å². The Kier molecular flexibility index (Phi) is 1.78. The largest absolute Gasteiger partial charge is 0.460 e. The van der Waals surface area contributed by atoms with Crippen LogP contribution >= 0.6 is 0 Å². The highest BCUT2D eigenvalue weighted by Gasteiger charge is 2.29. The van der Waals surface area contributed by atoms with E-state index < -0.39 is 0 Å². The number of fused-ring (bicyclic) bond motifs is 5. The van der Waals surface area contributed by atoms with Crippen LogP contribution in [0.4, 0.5) is 0 Å². The first-order valence-corrected chi connectivity index (χ1v) is 5.92. The van der Waals surface area contributed by atoms with Crippen LogP contribution in [0.15, 0.2) is 42.6 Å². The molecule has 4 nitrogen and oxygen atoms in total. The van der Waals surface area contributed by atoms with E-state index in [1.165, 1.54) is 0 Å². The monoisotopic (exact) mass is 238 g/mol. The van der Waals surface area contributed by atoms with Gasteiger partial charge >= 0.3 is 5.65 Å². The smallest absolute Gasteiger partial charge is 0.302 e. The Balaban J connectivity index is 2.16. The summed E-state index contributed by atoms with van der Waals surface area (Å²) in [6.45, 7) is 0.537. The molecule has 0 spiro atoms. The van der Waals surface area contributed by atoms with Crippen LogP contribution in [0.2, 0.25) is 0 Å². The summed E-state index contributed by atoms with van der Waals surface area (Å²) >= 11 is 0. The molecule has 1 aromatic carbocycles. The van der Waals surface area contributed by atoms with E-state index in [0.29, 0.717) is 6.73 Å². The predicted octanol–water partition coefficient (Wildman–Crippen LogP) is 1.88. The third kappa shape index (κ3) is 1.09. The predicted molar refractivity (Wildman–Crippen MR) is 67.0 cm³/mol. The quantitative estimate of drug-likeness (QED) is 0.560. The van der Waals surface area contributed by atoms with Crippen LogP contribution in [-0.2, 0) is 13.8 Å². The highest BCUT2D eigenvalue weighted by molar-refractivity contribution is 5.75. The molecule has 3 heterocycles. The number of imidazole rings is 1. The average molecular weight is 238 g/mol. The van der Waals surface area contributed by atoms with Gasteiger partial charge in [0.25, 0.3) is 0 Å². The number of rotatable bonds is 0. The molecule has 18 heavy (non-hydrogen) atoms. The fraction of sp³-hybridized carbons (Fsp3) is 0.143. The van der Waals surface area contributed by atoms with Crippen molar-refractivity contribution in [1.82, 2.24) is 9.55 Å². The molecule has 1 aliphatic heterocycles. The second-order valence-electron chi connectivity index (χ2n) is 4.43. The number of nitrogens with zero attached hydrogens (tertiary/aromatic N) is 3. The van der Waals surface area contributed by atoms with Gasteiger partial charge in [0.05, 0.1) is 12.6 Å². The maximum absolute atomic E-state index is 5.79. The lowest BCUT2D eigenvalue weighted by atomic mass is 10.1. The molecule has 0 bridgehead atoms. The van der Waals surface area contributed by atoms with Crippen molar-refractivity contribution in [1.29, 1.82) is 0 Å². The number of benzene rings is 1. The molecule has 0 radical (unpaired) electrons. The number of para-hydroxylation sites is 1. The van der Waals surface area contributed by atoms with Crippen LogP contribution in [0.1, 0.15) is 0 Å². The minimum atomic E-state index is 0.537. The van der Waals surface area contributed by atoms with Gasteiger partial charge in [-0.1, -0.05) is 12.1 Å². The molecule has 0 saturated heterocycles. The van der Waals surface area contributed by atoms with Crippen LogP contribution in [0, 0.1) is 0 Å². The van der Waals surface area contributed by atoms with E-state index in [1.807, 2.05) is 37.5 Å². The number of pyridine rings is 1. The van der Waals surface area contributed by atoms with Crippen LogP contribution in [0.5, 0.6) is 5.75 Å². The first-order valence-electron chi connectivity index (χ1n) is 5.92. The van der Waals surface area contributed by atoms with E-state index >= 15 is 0 Å². The lowest BCUT2D eigenvalue weighted by molar-refractivity contribution is -0.636. The van der Waals surface area contributed by atoms with Crippen LogP contribution in [-0.4, -0.2) is 9.55 Å². The molecule has 4 heteroatoms. The molecule has 4 rings (SSSR count). The van der Waals surface area contributed by atoms with Crippen molar-refractivity contribution in [2.45, 2.75) is 6.73 Å². The summed E-state index contributed by atoms with van der Waals surface area (Å²) in [4.78, 5) is 4.45. The number of aromatic nitrogens is 3. The molecule has 0 atom stereocenters. The zero-order chi connectivity index (χ0) is 12.1. The topological polar surface area (TPSA) is 30.9 Å². The molecule has 2 aromatic heterocycles. The summed E-state index contributed by atoms with van der Waals surface area (Å²) in [6.07, 6.45) is 1.82. The molecule has 0 amide bonds. The Morgan fingerprint density at radius 1 is 1.22 bits per heavy atom. The molecule has 1 aliphatic rings. The zero-order valence-electron chi connectivity index (χ0n) is 10.00. The maximum Gasteiger partial charge on any atom is 0.302 e. The Morgan fingerprint density at radius 2 is 2.11 bits per heavy atom. The first-order chi connectivity index (χ1) is 8.86. The lowest BCUT2D eigenvalue weighted by Gasteiger charge is -2.16. The van der Waals surface area contributed by atoms with Gasteiger partial charge in [-0.15, -0.1) is 4.98 Å². The Hall–Kier alpha value is -2.36. The van der Waals surface area contributed by atoms with E-state index in [9.17, 15) is 0 Å². The van der Waals surface area contributed by atoms with Crippen LogP contribution in [0.25, 0.3) is 22.6 Å². The fourth-order valence-electron chi connectivity index (χ4n) is 2.62. The number of hydrogen-bond donors (Lipinski definition) is 0. The fourth-order valence-corrected chi connectivity index (χ4v) is 2.62. The minimum absolute atomic E-state index is 0.537. The van der Waals surface area contributed by atoms with Crippen LogP contribution < -0.4 is 9.30 Å². The third-order valence-electron chi connectivity index (χ3n) is 3.43. The van der Waals surface area contributed by atoms with E-state index in [0.717, 1.165) is 28.3 Å². The third-order valence-corrected chi connectivity index (χ3v) is 3.43. The summed E-state index contributed by atoms with van der Waals surface area (Å²) in [5.41, 5.74) is 3.20. The van der Waals surface area contributed by atoms with Crippen molar-refractivity contribution < 1.29 is 9.30 Å². The van der Waals surface area contributed by atoms with E-state index in [2.05, 4.69) is 26.3 Å². The van der Waals surface area contributed by atoms with Crippen molar-refractivity contribution in [3.8, 4) is 17.1 Å². The van der Waals surface area contributed by atoms with Gasteiger partial charge in [0.1, 0.15) is 11.9 Å². The molecule has 0 N–H and O–H groups in total. The van der Waals surface area contributed by atoms with Crippen molar-refractivity contribution in [3.63, 3.8) is 0 Å². The van der Waals surface area contributed by atoms with Gasteiger partial charge in [0.15, 0.2) is 5.52 Å². The molecule has 3 aromatic rings. The van der Waals surface area contributed by atoms with Gasteiger partial charge in [-0.3, -0.25) is 0 Å². The molecule has 0 unspecified atom stereocenters. The number of ether oxygens (including phenoxy) is 1. The molecule has 0 aliphatic carbocycles. The standard InChI is InChI=1S/C14H12N3O/c1-16-13-11(6-4-8-15-13)17-9-18-12-7-3-2-5-10(12)14(16)17/h2-8H,9H2,1H3/q+1. The van der Waals surface area contributed by atoms with Gasteiger partial charge in [-0.25, -0.2) is 9.13 Å². The summed E-state index contributed by atoms with van der Waals surface area (Å²) in [6, 6.07) is 12.1. The normalized spacial score (nSPS) is 12.9. The van der Waals surface area contributed by atoms with Crippen LogP contribution in [0.3, 0.4) is 0 Å². The van der Waals surface area contributed by atoms with Crippen molar-refractivity contribution in [2.24, 2.45) is 7.05 Å². The number of hydrogen-bond acceptors (Lipinski definition) is 2. The van der Waals surface area contributed by atoms with Crippen molar-refractivity contribution in [2.75, 3.05) is 0 Å². The molecular weight excluding hydrogens is 226 g/mol. The summed E-state index contributed by atoms with van der Waals surface area (Å²) in [5, 5.41) is 0. The highest BCUT2D eigenvalue weighted by atomic mass is 16.5. The summed E-state index contributed by atoms with van der Waals surface area (Å²) in [5.74, 6) is 2.08. The molecule has 88 valence electrons. The van der Waals surface area contributed by atoms with Crippen molar-refractivity contribution in [3.05, 3.63) is 42.6 Å². The summed E-state index contributed by atoms with van der Waals surface area (Å²) < 4.78 is 10.1. The molecule has 0 fully saturated rings. The van der Waals surface area contributed by atoms with E-state index in [-0.39, 0.29) is 0 Å². The second kappa shape index (κ2) is 3.32. The van der Waals surface area contributed by atoms with Gasteiger partial charge in [-0.2, -0.15) is 0 Å². The first kappa shape index (κ1) is 9.65. The number of aryl methyl sites for hydroxylation is 1. The Morgan fingerprint density at radius 3 is 3.06 bits per heavy atom. The molecular formula is C14H12N3O+.